The Kier molecular flexibility index (Phi) is 4.75. The minimum atomic E-state index is -0.213. The van der Waals surface area contributed by atoms with Crippen LogP contribution in [0.3, 0.4) is 0 Å². The summed E-state index contributed by atoms with van der Waals surface area (Å²) in [5, 5.41) is 8.72. The fourth-order valence-electron chi connectivity index (χ4n) is 3.72. The van der Waals surface area contributed by atoms with E-state index in [1.807, 2.05) is 36.5 Å². The highest BCUT2D eigenvalue weighted by atomic mass is 19.1. The summed E-state index contributed by atoms with van der Waals surface area (Å²) in [6, 6.07) is 14.7. The first kappa shape index (κ1) is 17.9. The zero-order chi connectivity index (χ0) is 19.6. The zero-order valence-corrected chi connectivity index (χ0v) is 15.8. The first-order valence-electron chi connectivity index (χ1n) is 9.60. The third-order valence-corrected chi connectivity index (χ3v) is 5.23. The largest absolute Gasteiger partial charge is 0.369 e. The van der Waals surface area contributed by atoms with E-state index >= 15 is 0 Å². The number of morpholine rings is 1. The van der Waals surface area contributed by atoms with E-state index in [1.54, 1.807) is 16.9 Å². The van der Waals surface area contributed by atoms with Gasteiger partial charge < -0.3 is 4.74 Å². The van der Waals surface area contributed by atoms with E-state index in [0.717, 1.165) is 47.5 Å². The summed E-state index contributed by atoms with van der Waals surface area (Å²) < 4.78 is 20.9. The molecule has 1 aliphatic heterocycles. The molecule has 1 saturated heterocycles. The Morgan fingerprint density at radius 3 is 2.66 bits per heavy atom. The van der Waals surface area contributed by atoms with Crippen LogP contribution in [0.25, 0.3) is 16.6 Å². The molecule has 0 N–H and O–H groups in total. The minimum Gasteiger partial charge on any atom is -0.369 e. The van der Waals surface area contributed by atoms with E-state index in [-0.39, 0.29) is 11.9 Å². The maximum atomic E-state index is 13.1. The van der Waals surface area contributed by atoms with Gasteiger partial charge >= 0.3 is 0 Å². The zero-order valence-electron chi connectivity index (χ0n) is 15.8. The van der Waals surface area contributed by atoms with Crippen LogP contribution in [0.2, 0.25) is 0 Å². The molecule has 0 amide bonds. The number of fused-ring (bicyclic) bond motifs is 1. The molecular formula is C22H20FN5O. The molecular weight excluding hydrogens is 369 g/mol. The van der Waals surface area contributed by atoms with E-state index in [0.29, 0.717) is 6.61 Å². The lowest BCUT2D eigenvalue weighted by molar-refractivity contribution is -0.0343. The predicted molar refractivity (Wildman–Crippen MR) is 107 cm³/mol. The summed E-state index contributed by atoms with van der Waals surface area (Å²) in [4.78, 5) is 6.37. The fraction of sp³-hybridized carbons (Fsp3) is 0.227. The number of nitrogens with zero attached hydrogens (tertiary/aromatic N) is 5. The number of benzene rings is 1. The molecule has 29 heavy (non-hydrogen) atoms. The molecule has 0 radical (unpaired) electrons. The average Bonchev–Trinajstić information content (AvgIpc) is 3.19. The minimum absolute atomic E-state index is 0.145. The molecule has 1 aliphatic rings. The maximum Gasteiger partial charge on any atom is 0.123 e. The van der Waals surface area contributed by atoms with Crippen molar-refractivity contribution >= 4 is 5.52 Å². The second-order valence-electron chi connectivity index (χ2n) is 7.18. The van der Waals surface area contributed by atoms with Crippen molar-refractivity contribution < 1.29 is 9.13 Å². The molecule has 7 heteroatoms. The van der Waals surface area contributed by atoms with Crippen LogP contribution in [0, 0.1) is 5.82 Å². The molecule has 1 unspecified atom stereocenters. The first-order chi connectivity index (χ1) is 14.3. The Hall–Kier alpha value is -3.16. The van der Waals surface area contributed by atoms with Crippen molar-refractivity contribution in [1.29, 1.82) is 0 Å². The Morgan fingerprint density at radius 1 is 1.00 bits per heavy atom. The summed E-state index contributed by atoms with van der Waals surface area (Å²) in [5.74, 6) is -0.213. The number of aromatic nitrogens is 4. The van der Waals surface area contributed by atoms with E-state index < -0.39 is 0 Å². The van der Waals surface area contributed by atoms with Crippen molar-refractivity contribution in [2.24, 2.45) is 0 Å². The molecule has 4 heterocycles. The van der Waals surface area contributed by atoms with Gasteiger partial charge in [0.15, 0.2) is 0 Å². The van der Waals surface area contributed by atoms with E-state index in [1.165, 1.54) is 12.1 Å². The highest BCUT2D eigenvalue weighted by Gasteiger charge is 2.26. The van der Waals surface area contributed by atoms with Crippen LogP contribution in [0.4, 0.5) is 4.39 Å². The SMILES string of the molecule is Fc1ccc(CN2CCOC(c3nnn4cc(-c5ccncc5)ccc34)C2)cc1. The van der Waals surface area contributed by atoms with Gasteiger partial charge in [0.1, 0.15) is 17.6 Å². The van der Waals surface area contributed by atoms with Crippen LogP contribution in [-0.2, 0) is 11.3 Å². The van der Waals surface area contributed by atoms with Crippen molar-refractivity contribution in [2.45, 2.75) is 12.6 Å². The molecule has 0 bridgehead atoms. The molecule has 1 aromatic carbocycles. The average molecular weight is 389 g/mol. The predicted octanol–water partition coefficient (Wildman–Crippen LogP) is 3.50. The van der Waals surface area contributed by atoms with Crippen molar-refractivity contribution in [3.63, 3.8) is 0 Å². The lowest BCUT2D eigenvalue weighted by atomic mass is 10.1. The molecule has 0 saturated carbocycles. The third-order valence-electron chi connectivity index (χ3n) is 5.23. The Labute approximate surface area is 167 Å². The number of hydrogen-bond donors (Lipinski definition) is 0. The summed E-state index contributed by atoms with van der Waals surface area (Å²) in [5.41, 5.74) is 5.01. The number of halogens is 1. The van der Waals surface area contributed by atoms with Gasteiger partial charge in [-0.2, -0.15) is 0 Å². The molecule has 1 atom stereocenters. The van der Waals surface area contributed by atoms with Gasteiger partial charge in [-0.1, -0.05) is 23.4 Å². The normalized spacial score (nSPS) is 17.6. The number of pyridine rings is 2. The van der Waals surface area contributed by atoms with Crippen molar-refractivity contribution in [3.05, 3.63) is 84.2 Å². The van der Waals surface area contributed by atoms with Gasteiger partial charge in [-0.15, -0.1) is 5.10 Å². The quantitative estimate of drug-likeness (QED) is 0.535. The van der Waals surface area contributed by atoms with Gasteiger partial charge in [-0.3, -0.25) is 9.88 Å². The summed E-state index contributed by atoms with van der Waals surface area (Å²) >= 11 is 0. The first-order valence-corrected chi connectivity index (χ1v) is 9.60. The summed E-state index contributed by atoms with van der Waals surface area (Å²) in [6.07, 6.45) is 5.38. The van der Waals surface area contributed by atoms with Gasteiger partial charge in [0.2, 0.25) is 0 Å². The lowest BCUT2D eigenvalue weighted by Gasteiger charge is -2.32. The number of hydrogen-bond acceptors (Lipinski definition) is 5. The number of ether oxygens (including phenoxy) is 1. The van der Waals surface area contributed by atoms with Gasteiger partial charge in [0, 0.05) is 43.8 Å². The van der Waals surface area contributed by atoms with Gasteiger partial charge in [-0.25, -0.2) is 8.91 Å². The highest BCUT2D eigenvalue weighted by Crippen LogP contribution is 2.27. The Morgan fingerprint density at radius 2 is 1.83 bits per heavy atom. The number of rotatable bonds is 4. The van der Waals surface area contributed by atoms with Crippen LogP contribution in [0.5, 0.6) is 0 Å². The second-order valence-corrected chi connectivity index (χ2v) is 7.18. The van der Waals surface area contributed by atoms with Gasteiger partial charge in [0.25, 0.3) is 0 Å². The lowest BCUT2D eigenvalue weighted by Crippen LogP contribution is -2.38. The van der Waals surface area contributed by atoms with Crippen LogP contribution in [0.1, 0.15) is 17.4 Å². The van der Waals surface area contributed by atoms with Crippen molar-refractivity contribution in [3.8, 4) is 11.1 Å². The monoisotopic (exact) mass is 389 g/mol. The van der Waals surface area contributed by atoms with Crippen LogP contribution in [0.15, 0.2) is 67.1 Å². The third kappa shape index (κ3) is 3.74. The Balaban J connectivity index is 1.36. The van der Waals surface area contributed by atoms with Crippen LogP contribution in [-0.4, -0.2) is 44.4 Å². The smallest absolute Gasteiger partial charge is 0.123 e. The molecule has 0 spiro atoms. The van der Waals surface area contributed by atoms with Crippen LogP contribution >= 0.6 is 0 Å². The molecule has 146 valence electrons. The van der Waals surface area contributed by atoms with E-state index in [4.69, 9.17) is 4.74 Å². The molecule has 3 aromatic heterocycles. The topological polar surface area (TPSA) is 55.5 Å². The summed E-state index contributed by atoms with van der Waals surface area (Å²) in [6.45, 7) is 2.93. The van der Waals surface area contributed by atoms with Gasteiger partial charge in [-0.05, 0) is 41.5 Å². The molecule has 4 aromatic rings. The standard InChI is InChI=1S/C22H20FN5O/c23-19-4-1-16(2-5-19)13-27-11-12-29-21(15-27)22-20-6-3-18(14-28(20)26-25-22)17-7-9-24-10-8-17/h1-10,14,21H,11-13,15H2. The highest BCUT2D eigenvalue weighted by molar-refractivity contribution is 5.65. The molecule has 5 rings (SSSR count). The molecule has 1 fully saturated rings. The Bertz CT molecular complexity index is 1110. The molecule has 6 nitrogen and oxygen atoms in total. The summed E-state index contributed by atoms with van der Waals surface area (Å²) in [7, 11) is 0. The van der Waals surface area contributed by atoms with E-state index in [2.05, 4.69) is 26.3 Å². The van der Waals surface area contributed by atoms with Crippen LogP contribution < -0.4 is 0 Å². The fourth-order valence-corrected chi connectivity index (χ4v) is 3.72. The van der Waals surface area contributed by atoms with Crippen molar-refractivity contribution in [1.82, 2.24) is 24.7 Å². The van der Waals surface area contributed by atoms with Crippen molar-refractivity contribution in [2.75, 3.05) is 19.7 Å². The molecule has 0 aliphatic carbocycles. The van der Waals surface area contributed by atoms with Gasteiger partial charge in [0.05, 0.1) is 12.1 Å². The maximum absolute atomic E-state index is 13.1. The van der Waals surface area contributed by atoms with E-state index in [9.17, 15) is 4.39 Å². The second kappa shape index (κ2) is 7.69.